The van der Waals surface area contributed by atoms with Crippen LogP contribution in [0.1, 0.15) is 38.8 Å². The molecule has 0 unspecified atom stereocenters. The molecular formula is C14H23NO. The van der Waals surface area contributed by atoms with Gasteiger partial charge in [-0.3, -0.25) is 4.84 Å². The van der Waals surface area contributed by atoms with E-state index >= 15 is 0 Å². The van der Waals surface area contributed by atoms with Gasteiger partial charge in [0.25, 0.3) is 0 Å². The van der Waals surface area contributed by atoms with E-state index < -0.39 is 0 Å². The summed E-state index contributed by atoms with van der Waals surface area (Å²) in [6.07, 6.45) is 0. The Balaban J connectivity index is 2.59. The third-order valence-corrected chi connectivity index (χ3v) is 2.65. The largest absolute Gasteiger partial charge is 0.294 e. The first-order valence-electron chi connectivity index (χ1n) is 5.98. The molecule has 0 radical (unpaired) electrons. The van der Waals surface area contributed by atoms with Gasteiger partial charge in [0.15, 0.2) is 0 Å². The van der Waals surface area contributed by atoms with E-state index in [0.29, 0.717) is 18.7 Å². The van der Waals surface area contributed by atoms with Crippen LogP contribution < -0.4 is 0 Å². The Hall–Kier alpha value is -0.860. The van der Waals surface area contributed by atoms with E-state index in [4.69, 9.17) is 4.84 Å². The van der Waals surface area contributed by atoms with Gasteiger partial charge in [-0.15, -0.1) is 0 Å². The summed E-state index contributed by atoms with van der Waals surface area (Å²) >= 11 is 0. The molecule has 1 aromatic carbocycles. The molecule has 0 N–H and O–H groups in total. The fourth-order valence-electron chi connectivity index (χ4n) is 1.81. The zero-order valence-corrected chi connectivity index (χ0v) is 11.0. The molecule has 0 atom stereocenters. The van der Waals surface area contributed by atoms with Gasteiger partial charge >= 0.3 is 0 Å². The minimum absolute atomic E-state index is 0.406. The maximum atomic E-state index is 5.87. The molecule has 16 heavy (non-hydrogen) atoms. The molecule has 0 spiro atoms. The van der Waals surface area contributed by atoms with E-state index in [1.165, 1.54) is 11.1 Å². The molecule has 1 rings (SSSR count). The van der Waals surface area contributed by atoms with Crippen molar-refractivity contribution in [1.82, 2.24) is 5.06 Å². The molecule has 0 saturated heterocycles. The van der Waals surface area contributed by atoms with E-state index in [2.05, 4.69) is 58.9 Å². The van der Waals surface area contributed by atoms with E-state index in [1.807, 2.05) is 5.06 Å². The van der Waals surface area contributed by atoms with Crippen LogP contribution in [0.5, 0.6) is 0 Å². The van der Waals surface area contributed by atoms with Crippen LogP contribution in [0, 0.1) is 6.92 Å². The van der Waals surface area contributed by atoms with E-state index in [1.54, 1.807) is 0 Å². The first kappa shape index (κ1) is 13.2. The van der Waals surface area contributed by atoms with Crippen LogP contribution in [-0.4, -0.2) is 17.1 Å². The molecule has 0 amide bonds. The number of hydroxylamine groups is 2. The van der Waals surface area contributed by atoms with Gasteiger partial charge in [-0.05, 0) is 45.7 Å². The first-order valence-corrected chi connectivity index (χ1v) is 5.98. The van der Waals surface area contributed by atoms with Gasteiger partial charge < -0.3 is 0 Å². The number of hydrogen-bond donors (Lipinski definition) is 0. The monoisotopic (exact) mass is 221 g/mol. The zero-order chi connectivity index (χ0) is 12.1. The predicted molar refractivity (Wildman–Crippen MR) is 68.1 cm³/mol. The Morgan fingerprint density at radius 1 is 1.06 bits per heavy atom. The van der Waals surface area contributed by atoms with Crippen molar-refractivity contribution in [2.75, 3.05) is 0 Å². The first-order chi connectivity index (χ1) is 7.52. The second-order valence-corrected chi connectivity index (χ2v) is 4.75. The highest BCUT2D eigenvalue weighted by molar-refractivity contribution is 5.24. The second kappa shape index (κ2) is 6.02. The fourth-order valence-corrected chi connectivity index (χ4v) is 1.81. The number of nitrogens with zero attached hydrogens (tertiary/aromatic N) is 1. The summed E-state index contributed by atoms with van der Waals surface area (Å²) in [5, 5.41) is 2.05. The molecular weight excluding hydrogens is 198 g/mol. The highest BCUT2D eigenvalue weighted by atomic mass is 16.7. The van der Waals surface area contributed by atoms with Gasteiger partial charge in [0.2, 0.25) is 0 Å². The van der Waals surface area contributed by atoms with Crippen molar-refractivity contribution in [3.05, 3.63) is 35.4 Å². The Bertz CT molecular complexity index is 312. The van der Waals surface area contributed by atoms with Crippen molar-refractivity contribution >= 4 is 0 Å². The molecule has 0 aromatic heterocycles. The Labute approximate surface area is 99.2 Å². The van der Waals surface area contributed by atoms with Gasteiger partial charge in [0.05, 0.1) is 6.61 Å². The van der Waals surface area contributed by atoms with Crippen molar-refractivity contribution in [1.29, 1.82) is 0 Å². The maximum Gasteiger partial charge on any atom is 0.0938 e. The molecule has 90 valence electrons. The lowest BCUT2D eigenvalue weighted by Crippen LogP contribution is -2.36. The van der Waals surface area contributed by atoms with Crippen molar-refractivity contribution in [2.45, 2.75) is 53.3 Å². The lowest BCUT2D eigenvalue weighted by molar-refractivity contribution is -0.208. The van der Waals surface area contributed by atoms with Gasteiger partial charge in [0, 0.05) is 12.1 Å². The quantitative estimate of drug-likeness (QED) is 0.705. The summed E-state index contributed by atoms with van der Waals surface area (Å²) in [7, 11) is 0. The van der Waals surface area contributed by atoms with Crippen LogP contribution in [0.3, 0.4) is 0 Å². The maximum absolute atomic E-state index is 5.87. The molecule has 0 aliphatic heterocycles. The summed E-state index contributed by atoms with van der Waals surface area (Å²) in [6.45, 7) is 11.4. The fraction of sp³-hybridized carbons (Fsp3) is 0.571. The molecule has 0 aliphatic carbocycles. The summed E-state index contributed by atoms with van der Waals surface area (Å²) in [5.41, 5.74) is 2.55. The third kappa shape index (κ3) is 3.62. The Morgan fingerprint density at radius 2 is 1.62 bits per heavy atom. The standard InChI is InChI=1S/C14H23NO/c1-11(2)15(12(3)4)16-10-14-9-7-6-8-13(14)5/h6-9,11-12H,10H2,1-5H3. The molecule has 0 saturated carbocycles. The molecule has 0 bridgehead atoms. The van der Waals surface area contributed by atoms with Gasteiger partial charge in [-0.1, -0.05) is 24.3 Å². The highest BCUT2D eigenvalue weighted by Crippen LogP contribution is 2.12. The SMILES string of the molecule is Cc1ccccc1CON(C(C)C)C(C)C. The number of benzene rings is 1. The summed E-state index contributed by atoms with van der Waals surface area (Å²) in [5.74, 6) is 0. The lowest BCUT2D eigenvalue weighted by Gasteiger charge is -2.29. The van der Waals surface area contributed by atoms with Crippen LogP contribution in [0.2, 0.25) is 0 Å². The van der Waals surface area contributed by atoms with Crippen LogP contribution in [0.4, 0.5) is 0 Å². The van der Waals surface area contributed by atoms with Crippen LogP contribution >= 0.6 is 0 Å². The van der Waals surface area contributed by atoms with Crippen molar-refractivity contribution in [2.24, 2.45) is 0 Å². The Morgan fingerprint density at radius 3 is 2.12 bits per heavy atom. The van der Waals surface area contributed by atoms with Gasteiger partial charge in [0.1, 0.15) is 0 Å². The minimum atomic E-state index is 0.406. The van der Waals surface area contributed by atoms with E-state index in [9.17, 15) is 0 Å². The number of rotatable bonds is 5. The number of hydrogen-bond acceptors (Lipinski definition) is 2. The molecule has 0 aliphatic rings. The summed E-state index contributed by atoms with van der Waals surface area (Å²) < 4.78 is 0. The van der Waals surface area contributed by atoms with Crippen LogP contribution in [0.25, 0.3) is 0 Å². The molecule has 2 nitrogen and oxygen atoms in total. The highest BCUT2D eigenvalue weighted by Gasteiger charge is 2.14. The second-order valence-electron chi connectivity index (χ2n) is 4.75. The lowest BCUT2D eigenvalue weighted by atomic mass is 10.1. The van der Waals surface area contributed by atoms with Crippen LogP contribution in [0.15, 0.2) is 24.3 Å². The zero-order valence-electron chi connectivity index (χ0n) is 11.0. The van der Waals surface area contributed by atoms with Crippen molar-refractivity contribution in [3.8, 4) is 0 Å². The smallest absolute Gasteiger partial charge is 0.0938 e. The average molecular weight is 221 g/mol. The summed E-state index contributed by atoms with van der Waals surface area (Å²) in [6, 6.07) is 9.16. The topological polar surface area (TPSA) is 12.5 Å². The van der Waals surface area contributed by atoms with E-state index in [-0.39, 0.29) is 0 Å². The summed E-state index contributed by atoms with van der Waals surface area (Å²) in [4.78, 5) is 5.87. The molecule has 2 heteroatoms. The predicted octanol–water partition coefficient (Wildman–Crippen LogP) is 3.55. The van der Waals surface area contributed by atoms with E-state index in [0.717, 1.165) is 0 Å². The van der Waals surface area contributed by atoms with Gasteiger partial charge in [-0.25, -0.2) is 0 Å². The molecule has 0 heterocycles. The van der Waals surface area contributed by atoms with Crippen molar-refractivity contribution in [3.63, 3.8) is 0 Å². The minimum Gasteiger partial charge on any atom is -0.294 e. The third-order valence-electron chi connectivity index (χ3n) is 2.65. The van der Waals surface area contributed by atoms with Gasteiger partial charge in [-0.2, -0.15) is 5.06 Å². The average Bonchev–Trinajstić information content (AvgIpc) is 2.20. The van der Waals surface area contributed by atoms with Crippen LogP contribution in [-0.2, 0) is 11.4 Å². The number of aryl methyl sites for hydroxylation is 1. The van der Waals surface area contributed by atoms with Crippen molar-refractivity contribution < 1.29 is 4.84 Å². The normalized spacial score (nSPS) is 11.8. The Kier molecular flexibility index (Phi) is 4.97. The molecule has 1 aromatic rings. The molecule has 0 fully saturated rings.